The first kappa shape index (κ1) is 17.8. The largest absolute Gasteiger partial charge is 0.497 e. The van der Waals surface area contributed by atoms with Crippen molar-refractivity contribution in [1.29, 1.82) is 0 Å². The predicted molar refractivity (Wildman–Crippen MR) is 111 cm³/mol. The van der Waals surface area contributed by atoms with Gasteiger partial charge in [-0.3, -0.25) is 9.20 Å². The number of ether oxygens (including phenoxy) is 1. The minimum atomic E-state index is -0.212. The summed E-state index contributed by atoms with van der Waals surface area (Å²) in [5.74, 6) is 1.08. The van der Waals surface area contributed by atoms with E-state index in [1.807, 2.05) is 66.9 Å². The van der Waals surface area contributed by atoms with Crippen molar-refractivity contribution in [2.24, 2.45) is 0 Å². The van der Waals surface area contributed by atoms with E-state index < -0.39 is 0 Å². The summed E-state index contributed by atoms with van der Waals surface area (Å²) >= 11 is 0. The van der Waals surface area contributed by atoms with Crippen LogP contribution in [0.3, 0.4) is 0 Å². The number of methoxy groups -OCH3 is 1. The highest BCUT2D eigenvalue weighted by Crippen LogP contribution is 2.31. The molecule has 1 N–H and O–H groups in total. The lowest BCUT2D eigenvalue weighted by Crippen LogP contribution is -2.14. The molecule has 1 amide bonds. The molecule has 0 fully saturated rings. The number of aryl methyl sites for hydroxylation is 2. The third kappa shape index (κ3) is 3.22. The maximum atomic E-state index is 13.0. The fourth-order valence-corrected chi connectivity index (χ4v) is 3.24. The molecule has 0 radical (unpaired) electrons. The van der Waals surface area contributed by atoms with Crippen molar-refractivity contribution < 1.29 is 9.53 Å². The Bertz CT molecular complexity index is 1180. The number of benzene rings is 2. The van der Waals surface area contributed by atoms with Gasteiger partial charge in [-0.25, -0.2) is 4.98 Å². The lowest BCUT2D eigenvalue weighted by atomic mass is 10.1. The molecule has 0 aliphatic rings. The topological polar surface area (TPSA) is 55.6 Å². The van der Waals surface area contributed by atoms with Crippen molar-refractivity contribution in [2.75, 3.05) is 12.4 Å². The number of carbonyl (C=O) groups excluding carboxylic acids is 1. The molecule has 5 nitrogen and oxygen atoms in total. The maximum Gasteiger partial charge on any atom is 0.256 e. The zero-order valence-corrected chi connectivity index (χ0v) is 16.1. The molecule has 4 rings (SSSR count). The van der Waals surface area contributed by atoms with Gasteiger partial charge in [-0.2, -0.15) is 0 Å². The Labute approximate surface area is 163 Å². The van der Waals surface area contributed by atoms with Crippen LogP contribution in [0.1, 0.15) is 21.5 Å². The fourth-order valence-electron chi connectivity index (χ4n) is 3.24. The van der Waals surface area contributed by atoms with E-state index in [0.717, 1.165) is 28.0 Å². The molecule has 0 bridgehead atoms. The van der Waals surface area contributed by atoms with Gasteiger partial charge in [0.1, 0.15) is 22.9 Å². The Morgan fingerprint density at radius 1 is 1.04 bits per heavy atom. The van der Waals surface area contributed by atoms with Crippen molar-refractivity contribution in [1.82, 2.24) is 9.38 Å². The molecule has 0 saturated carbocycles. The van der Waals surface area contributed by atoms with Crippen LogP contribution in [0.15, 0.2) is 66.9 Å². The summed E-state index contributed by atoms with van der Waals surface area (Å²) in [6.07, 6.45) is 1.93. The lowest BCUT2D eigenvalue weighted by molar-refractivity contribution is 0.102. The number of hydrogen-bond acceptors (Lipinski definition) is 3. The second-order valence-corrected chi connectivity index (χ2v) is 6.74. The van der Waals surface area contributed by atoms with Crippen LogP contribution < -0.4 is 10.1 Å². The van der Waals surface area contributed by atoms with Crippen LogP contribution in [0.4, 0.5) is 5.82 Å². The number of hydrogen-bond donors (Lipinski definition) is 1. The highest BCUT2D eigenvalue weighted by atomic mass is 16.5. The van der Waals surface area contributed by atoms with E-state index in [4.69, 9.17) is 9.72 Å². The number of imidazole rings is 1. The quantitative estimate of drug-likeness (QED) is 0.556. The minimum Gasteiger partial charge on any atom is -0.497 e. The molecule has 140 valence electrons. The summed E-state index contributed by atoms with van der Waals surface area (Å²) in [6.45, 7) is 4.06. The second kappa shape index (κ2) is 7.19. The third-order valence-corrected chi connectivity index (χ3v) is 4.75. The van der Waals surface area contributed by atoms with Gasteiger partial charge in [0, 0.05) is 17.3 Å². The zero-order valence-electron chi connectivity index (χ0n) is 16.1. The molecule has 0 aliphatic heterocycles. The molecule has 28 heavy (non-hydrogen) atoms. The average Bonchev–Trinajstić information content (AvgIpc) is 3.05. The SMILES string of the molecule is COc1cccc(C(=O)Nc2c(-c3ccccc3C)nc3cc(C)ccn23)c1. The maximum absolute atomic E-state index is 13.0. The molecule has 0 unspecified atom stereocenters. The summed E-state index contributed by atoms with van der Waals surface area (Å²) in [5, 5.41) is 3.05. The van der Waals surface area contributed by atoms with Crippen LogP contribution in [-0.2, 0) is 0 Å². The first-order valence-electron chi connectivity index (χ1n) is 9.07. The van der Waals surface area contributed by atoms with Crippen molar-refractivity contribution in [3.63, 3.8) is 0 Å². The minimum absolute atomic E-state index is 0.212. The first-order valence-corrected chi connectivity index (χ1v) is 9.07. The first-order chi connectivity index (χ1) is 13.6. The normalized spacial score (nSPS) is 10.8. The number of aromatic nitrogens is 2. The monoisotopic (exact) mass is 371 g/mol. The Kier molecular flexibility index (Phi) is 4.57. The van der Waals surface area contributed by atoms with Crippen LogP contribution in [0.25, 0.3) is 16.9 Å². The van der Waals surface area contributed by atoms with Crippen molar-refractivity contribution in [2.45, 2.75) is 13.8 Å². The van der Waals surface area contributed by atoms with Crippen molar-refractivity contribution in [3.05, 3.63) is 83.6 Å². The number of carbonyl (C=O) groups is 1. The Hall–Kier alpha value is -3.60. The summed E-state index contributed by atoms with van der Waals surface area (Å²) in [4.78, 5) is 17.8. The smallest absolute Gasteiger partial charge is 0.256 e. The van der Waals surface area contributed by atoms with Gasteiger partial charge < -0.3 is 10.1 Å². The number of pyridine rings is 1. The summed E-state index contributed by atoms with van der Waals surface area (Å²) in [6, 6.07) is 19.1. The molecule has 4 aromatic rings. The van der Waals surface area contributed by atoms with Gasteiger partial charge in [-0.05, 0) is 55.3 Å². The average molecular weight is 371 g/mol. The molecule has 5 heteroatoms. The standard InChI is InChI=1S/C23H21N3O2/c1-15-11-12-26-20(13-15)24-21(19-10-5-4-7-16(19)2)22(26)25-23(27)17-8-6-9-18(14-17)28-3/h4-14H,1-3H3,(H,25,27). The zero-order chi connectivity index (χ0) is 19.7. The van der Waals surface area contributed by atoms with Crippen molar-refractivity contribution >= 4 is 17.4 Å². The molecule has 2 heterocycles. The summed E-state index contributed by atoms with van der Waals surface area (Å²) in [5.41, 5.74) is 5.26. The van der Waals surface area contributed by atoms with Gasteiger partial charge in [-0.1, -0.05) is 30.3 Å². The summed E-state index contributed by atoms with van der Waals surface area (Å²) in [7, 11) is 1.58. The molecular formula is C23H21N3O2. The highest BCUT2D eigenvalue weighted by Gasteiger charge is 2.18. The third-order valence-electron chi connectivity index (χ3n) is 4.75. The van der Waals surface area contributed by atoms with Gasteiger partial charge in [0.25, 0.3) is 5.91 Å². The van der Waals surface area contributed by atoms with Crippen LogP contribution in [0.2, 0.25) is 0 Å². The Morgan fingerprint density at radius 2 is 1.86 bits per heavy atom. The van der Waals surface area contributed by atoms with Gasteiger partial charge in [-0.15, -0.1) is 0 Å². The Balaban J connectivity index is 1.84. The summed E-state index contributed by atoms with van der Waals surface area (Å²) < 4.78 is 7.14. The number of nitrogens with zero attached hydrogens (tertiary/aromatic N) is 2. The van der Waals surface area contributed by atoms with E-state index in [1.165, 1.54) is 0 Å². The number of amides is 1. The molecule has 0 spiro atoms. The van der Waals surface area contributed by atoms with Crippen LogP contribution >= 0.6 is 0 Å². The van der Waals surface area contributed by atoms with Gasteiger partial charge in [0.05, 0.1) is 7.11 Å². The molecular weight excluding hydrogens is 350 g/mol. The second-order valence-electron chi connectivity index (χ2n) is 6.74. The van der Waals surface area contributed by atoms with E-state index in [9.17, 15) is 4.79 Å². The van der Waals surface area contributed by atoms with Gasteiger partial charge in [0.2, 0.25) is 0 Å². The molecule has 2 aromatic heterocycles. The number of fused-ring (bicyclic) bond motifs is 1. The fraction of sp³-hybridized carbons (Fsp3) is 0.130. The van der Waals surface area contributed by atoms with E-state index >= 15 is 0 Å². The van der Waals surface area contributed by atoms with Gasteiger partial charge >= 0.3 is 0 Å². The molecule has 0 saturated heterocycles. The van der Waals surface area contributed by atoms with Crippen LogP contribution in [0, 0.1) is 13.8 Å². The Morgan fingerprint density at radius 3 is 2.64 bits per heavy atom. The van der Waals surface area contributed by atoms with E-state index in [0.29, 0.717) is 17.1 Å². The highest BCUT2D eigenvalue weighted by molar-refractivity contribution is 6.06. The predicted octanol–water partition coefficient (Wildman–Crippen LogP) is 4.88. The number of nitrogens with one attached hydrogen (secondary N) is 1. The number of rotatable bonds is 4. The van der Waals surface area contributed by atoms with Gasteiger partial charge in [0.15, 0.2) is 0 Å². The van der Waals surface area contributed by atoms with E-state index in [1.54, 1.807) is 25.3 Å². The molecule has 2 aromatic carbocycles. The molecule has 0 aliphatic carbocycles. The van der Waals surface area contributed by atoms with E-state index in [-0.39, 0.29) is 5.91 Å². The molecule has 0 atom stereocenters. The van der Waals surface area contributed by atoms with Crippen LogP contribution in [-0.4, -0.2) is 22.4 Å². The number of anilines is 1. The lowest BCUT2D eigenvalue weighted by Gasteiger charge is -2.10. The van der Waals surface area contributed by atoms with E-state index in [2.05, 4.69) is 5.32 Å². The van der Waals surface area contributed by atoms with Crippen LogP contribution in [0.5, 0.6) is 5.75 Å². The van der Waals surface area contributed by atoms with Crippen molar-refractivity contribution in [3.8, 4) is 17.0 Å².